The first-order chi connectivity index (χ1) is 18.9. The highest BCUT2D eigenvalue weighted by Gasteiger charge is 2.67. The monoisotopic (exact) mass is 570 g/mol. The van der Waals surface area contributed by atoms with Crippen molar-refractivity contribution in [1.29, 1.82) is 0 Å². The Hall–Kier alpha value is -2.41. The van der Waals surface area contributed by atoms with Gasteiger partial charge in [-0.1, -0.05) is 59.8 Å². The van der Waals surface area contributed by atoms with Crippen LogP contribution in [-0.2, 0) is 23.9 Å². The molecule has 7 heteroatoms. The molecule has 228 valence electrons. The minimum absolute atomic E-state index is 0.0609. The van der Waals surface area contributed by atoms with Crippen LogP contribution in [0, 0.1) is 39.4 Å². The van der Waals surface area contributed by atoms with Crippen LogP contribution in [0.2, 0.25) is 0 Å². The van der Waals surface area contributed by atoms with Gasteiger partial charge in [0.05, 0.1) is 6.10 Å². The SMILES string of the molecule is CC(=O)O[C@@H](C/C=C(\C)C(=O)O)[C@H](C)[C@H]1C[C@H](O)[C@@]2(C)C3=CC[C@H]4C(C)(C)[C@H](OC(C)=O)CC[C@]4(C)C3=CC[C@]12C. The van der Waals surface area contributed by atoms with E-state index in [1.54, 1.807) is 13.0 Å². The van der Waals surface area contributed by atoms with Gasteiger partial charge in [-0.2, -0.15) is 0 Å². The average Bonchev–Trinajstić information content (AvgIpc) is 3.08. The van der Waals surface area contributed by atoms with Crippen molar-refractivity contribution < 1.29 is 34.1 Å². The van der Waals surface area contributed by atoms with Gasteiger partial charge in [0, 0.05) is 36.7 Å². The lowest BCUT2D eigenvalue weighted by Gasteiger charge is -2.61. The molecular weight excluding hydrogens is 520 g/mol. The molecule has 0 aromatic rings. The lowest BCUT2D eigenvalue weighted by Crippen LogP contribution is -2.56. The van der Waals surface area contributed by atoms with Crippen molar-refractivity contribution in [1.82, 2.24) is 0 Å². The van der Waals surface area contributed by atoms with Gasteiger partial charge in [0.15, 0.2) is 0 Å². The van der Waals surface area contributed by atoms with Crippen molar-refractivity contribution in [2.24, 2.45) is 39.4 Å². The fourth-order valence-electron chi connectivity index (χ4n) is 9.49. The minimum Gasteiger partial charge on any atom is -0.478 e. The first-order valence-electron chi connectivity index (χ1n) is 15.3. The van der Waals surface area contributed by atoms with Crippen LogP contribution >= 0.6 is 0 Å². The van der Waals surface area contributed by atoms with Crippen molar-refractivity contribution in [2.75, 3.05) is 0 Å². The number of aliphatic carboxylic acids is 1. The highest BCUT2D eigenvalue weighted by Crippen LogP contribution is 2.72. The molecule has 41 heavy (non-hydrogen) atoms. The van der Waals surface area contributed by atoms with E-state index in [-0.39, 0.29) is 51.7 Å². The number of aliphatic hydroxyl groups excluding tert-OH is 1. The van der Waals surface area contributed by atoms with E-state index in [2.05, 4.69) is 53.7 Å². The maximum atomic E-state index is 12.1. The zero-order valence-electron chi connectivity index (χ0n) is 26.4. The predicted octanol–water partition coefficient (Wildman–Crippen LogP) is 6.40. The molecule has 0 amide bonds. The number of aliphatic hydroxyl groups is 1. The van der Waals surface area contributed by atoms with Crippen LogP contribution in [0.5, 0.6) is 0 Å². The summed E-state index contributed by atoms with van der Waals surface area (Å²) in [7, 11) is 0. The third kappa shape index (κ3) is 4.90. The molecule has 7 nitrogen and oxygen atoms in total. The summed E-state index contributed by atoms with van der Waals surface area (Å²) in [5, 5.41) is 21.2. The van der Waals surface area contributed by atoms with Gasteiger partial charge >= 0.3 is 17.9 Å². The Kier molecular flexibility index (Phi) is 8.22. The summed E-state index contributed by atoms with van der Waals surface area (Å²) in [6, 6.07) is 0. The van der Waals surface area contributed by atoms with Crippen LogP contribution in [0.15, 0.2) is 34.9 Å². The second kappa shape index (κ2) is 10.7. The number of carboxylic acids is 1. The number of ether oxygens (including phenoxy) is 2. The molecule has 0 saturated heterocycles. The standard InChI is InChI=1S/C34H50O7/c1-19(30(38)39)10-12-26(40-21(3)35)20(2)25-18-28(37)34(9)24-11-13-27-31(5,6)29(41-22(4)36)15-16-32(27,7)23(24)14-17-33(25,34)8/h10-11,14,20,25-29,37H,12-13,15-18H2,1-9H3,(H,38,39)/b19-10+/t20-,25-,26+,27+,28+,29-,32-,33-,34-/m1/s1. The van der Waals surface area contributed by atoms with E-state index in [0.29, 0.717) is 18.8 Å². The van der Waals surface area contributed by atoms with Gasteiger partial charge in [-0.25, -0.2) is 4.79 Å². The number of carbonyl (C=O) groups excluding carboxylic acids is 2. The van der Waals surface area contributed by atoms with Gasteiger partial charge in [0.25, 0.3) is 0 Å². The predicted molar refractivity (Wildman–Crippen MR) is 157 cm³/mol. The van der Waals surface area contributed by atoms with E-state index < -0.39 is 23.6 Å². The van der Waals surface area contributed by atoms with Crippen molar-refractivity contribution in [3.63, 3.8) is 0 Å². The van der Waals surface area contributed by atoms with Crippen LogP contribution < -0.4 is 0 Å². The van der Waals surface area contributed by atoms with Crippen molar-refractivity contribution >= 4 is 17.9 Å². The van der Waals surface area contributed by atoms with E-state index in [9.17, 15) is 24.6 Å². The van der Waals surface area contributed by atoms with Crippen LogP contribution in [0.25, 0.3) is 0 Å². The molecule has 0 aromatic heterocycles. The van der Waals surface area contributed by atoms with Gasteiger partial charge in [0.2, 0.25) is 0 Å². The van der Waals surface area contributed by atoms with E-state index in [4.69, 9.17) is 9.47 Å². The lowest BCUT2D eigenvalue weighted by molar-refractivity contribution is -0.165. The third-order valence-corrected chi connectivity index (χ3v) is 12.2. The Bertz CT molecular complexity index is 1190. The Morgan fingerprint density at radius 1 is 1.05 bits per heavy atom. The molecule has 0 unspecified atom stereocenters. The first kappa shape index (κ1) is 31.5. The Labute approximate surface area is 245 Å². The topological polar surface area (TPSA) is 110 Å². The van der Waals surface area contributed by atoms with Gasteiger partial charge in [-0.15, -0.1) is 0 Å². The summed E-state index contributed by atoms with van der Waals surface area (Å²) in [5.41, 5.74) is 1.79. The van der Waals surface area contributed by atoms with Crippen molar-refractivity contribution in [2.45, 2.75) is 119 Å². The van der Waals surface area contributed by atoms with Crippen LogP contribution in [0.3, 0.4) is 0 Å². The summed E-state index contributed by atoms with van der Waals surface area (Å²) < 4.78 is 11.6. The van der Waals surface area contributed by atoms with E-state index in [1.165, 1.54) is 25.0 Å². The minimum atomic E-state index is -0.985. The van der Waals surface area contributed by atoms with E-state index >= 15 is 0 Å². The fourth-order valence-corrected chi connectivity index (χ4v) is 9.49. The number of rotatable bonds is 7. The average molecular weight is 571 g/mol. The molecule has 0 aliphatic heterocycles. The number of hydrogen-bond donors (Lipinski definition) is 2. The molecular formula is C34H50O7. The molecule has 4 rings (SSSR count). The van der Waals surface area contributed by atoms with Gasteiger partial charge in [0.1, 0.15) is 12.2 Å². The molecule has 0 radical (unpaired) electrons. The fraction of sp³-hybridized carbons (Fsp3) is 0.735. The summed E-state index contributed by atoms with van der Waals surface area (Å²) in [6.45, 7) is 17.8. The molecule has 2 fully saturated rings. The van der Waals surface area contributed by atoms with Gasteiger partial charge in [-0.3, -0.25) is 9.59 Å². The molecule has 0 spiro atoms. The molecule has 2 N–H and O–H groups in total. The van der Waals surface area contributed by atoms with Crippen LogP contribution in [-0.4, -0.2) is 46.4 Å². The smallest absolute Gasteiger partial charge is 0.330 e. The lowest BCUT2D eigenvalue weighted by atomic mass is 9.44. The molecule has 0 heterocycles. The molecule has 0 bridgehead atoms. The van der Waals surface area contributed by atoms with Crippen molar-refractivity contribution in [3.8, 4) is 0 Å². The number of fused-ring (bicyclic) bond motifs is 5. The Morgan fingerprint density at radius 2 is 1.71 bits per heavy atom. The summed E-state index contributed by atoms with van der Waals surface area (Å²) in [6.07, 6.45) is 9.56. The Balaban J connectivity index is 1.70. The third-order valence-electron chi connectivity index (χ3n) is 12.2. The molecule has 0 aromatic carbocycles. The maximum absolute atomic E-state index is 12.1. The molecule has 2 saturated carbocycles. The summed E-state index contributed by atoms with van der Waals surface area (Å²) >= 11 is 0. The zero-order chi connectivity index (χ0) is 30.7. The molecule has 9 atom stereocenters. The normalized spacial score (nSPS) is 39.2. The highest BCUT2D eigenvalue weighted by molar-refractivity contribution is 5.85. The van der Waals surface area contributed by atoms with Crippen LogP contribution in [0.1, 0.15) is 101 Å². The largest absolute Gasteiger partial charge is 0.478 e. The molecule has 4 aliphatic carbocycles. The zero-order valence-corrected chi connectivity index (χ0v) is 26.4. The highest BCUT2D eigenvalue weighted by atomic mass is 16.5. The van der Waals surface area contributed by atoms with Gasteiger partial charge in [-0.05, 0) is 78.8 Å². The first-order valence-corrected chi connectivity index (χ1v) is 15.3. The summed E-state index contributed by atoms with van der Waals surface area (Å²) in [4.78, 5) is 35.4. The van der Waals surface area contributed by atoms with E-state index in [0.717, 1.165) is 25.7 Å². The number of allylic oxidation sites excluding steroid dienone is 3. The number of esters is 2. The number of carbonyl (C=O) groups is 3. The van der Waals surface area contributed by atoms with E-state index in [1.807, 2.05) is 0 Å². The van der Waals surface area contributed by atoms with Crippen LogP contribution in [0.4, 0.5) is 0 Å². The summed E-state index contributed by atoms with van der Waals surface area (Å²) in [5.74, 6) is -1.32. The quantitative estimate of drug-likeness (QED) is 0.269. The number of hydrogen-bond acceptors (Lipinski definition) is 6. The second-order valence-corrected chi connectivity index (χ2v) is 14.5. The maximum Gasteiger partial charge on any atom is 0.330 e. The van der Waals surface area contributed by atoms with Gasteiger partial charge < -0.3 is 19.7 Å². The Morgan fingerprint density at radius 3 is 2.29 bits per heavy atom. The van der Waals surface area contributed by atoms with Crippen molar-refractivity contribution in [3.05, 3.63) is 34.9 Å². The number of carboxylic acid groups (broad SMARTS) is 1. The molecule has 4 aliphatic rings. The second-order valence-electron chi connectivity index (χ2n) is 14.5.